The number of hydrogen-bond donors (Lipinski definition) is 0. The average molecular weight is 227 g/mol. The fraction of sp³-hybridized carbons (Fsp3) is 0.438. The summed E-state index contributed by atoms with van der Waals surface area (Å²) < 4.78 is 0. The quantitative estimate of drug-likeness (QED) is 0.491. The fourth-order valence-corrected chi connectivity index (χ4v) is 1.82. The Morgan fingerprint density at radius 1 is 1.18 bits per heavy atom. The van der Waals surface area contributed by atoms with Crippen LogP contribution < -0.4 is 0 Å². The number of nitriles is 1. The molecule has 1 rings (SSSR count). The Labute approximate surface area is 105 Å². The third kappa shape index (κ3) is 5.92. The van der Waals surface area contributed by atoms with E-state index in [0.717, 1.165) is 18.4 Å². The van der Waals surface area contributed by atoms with Gasteiger partial charge in [0, 0.05) is 12.0 Å². The molecular weight excluding hydrogens is 206 g/mol. The summed E-state index contributed by atoms with van der Waals surface area (Å²) in [4.78, 5) is 0. The molecule has 90 valence electrons. The molecule has 0 saturated heterocycles. The second kappa shape index (κ2) is 8.58. The van der Waals surface area contributed by atoms with Gasteiger partial charge in [-0.3, -0.25) is 0 Å². The number of nitrogens with zero attached hydrogens (tertiary/aromatic N) is 1. The van der Waals surface area contributed by atoms with Crippen molar-refractivity contribution in [3.05, 3.63) is 47.5 Å². The van der Waals surface area contributed by atoms with E-state index in [1.165, 1.54) is 31.2 Å². The zero-order valence-corrected chi connectivity index (χ0v) is 10.7. The van der Waals surface area contributed by atoms with E-state index in [2.05, 4.69) is 31.2 Å². The molecule has 1 aromatic carbocycles. The van der Waals surface area contributed by atoms with Crippen molar-refractivity contribution in [3.63, 3.8) is 0 Å². The lowest BCUT2D eigenvalue weighted by Gasteiger charge is -2.00. The minimum atomic E-state index is 0.769. The van der Waals surface area contributed by atoms with Crippen LogP contribution in [-0.4, -0.2) is 0 Å². The monoisotopic (exact) mass is 227 g/mol. The van der Waals surface area contributed by atoms with Gasteiger partial charge in [-0.1, -0.05) is 62.6 Å². The molecule has 1 aromatic rings. The molecule has 0 fully saturated rings. The van der Waals surface area contributed by atoms with Gasteiger partial charge in [0.25, 0.3) is 0 Å². The van der Waals surface area contributed by atoms with Crippen molar-refractivity contribution < 1.29 is 0 Å². The van der Waals surface area contributed by atoms with Gasteiger partial charge >= 0.3 is 0 Å². The molecule has 0 unspecified atom stereocenters. The first-order valence-electron chi connectivity index (χ1n) is 6.50. The zero-order valence-electron chi connectivity index (χ0n) is 10.7. The predicted octanol–water partition coefficient (Wildman–Crippen LogP) is 4.65. The van der Waals surface area contributed by atoms with Crippen LogP contribution >= 0.6 is 0 Å². The summed E-state index contributed by atoms with van der Waals surface area (Å²) in [6, 6.07) is 12.5. The lowest BCUT2D eigenvalue weighted by molar-refractivity contribution is 0.673. The normalized spacial score (nSPS) is 11.2. The first-order valence-corrected chi connectivity index (χ1v) is 6.50. The third-order valence-electron chi connectivity index (χ3n) is 2.83. The molecule has 0 amide bonds. The van der Waals surface area contributed by atoms with Crippen LogP contribution in [0.15, 0.2) is 42.0 Å². The van der Waals surface area contributed by atoms with Gasteiger partial charge in [-0.15, -0.1) is 0 Å². The maximum absolute atomic E-state index is 9.07. The van der Waals surface area contributed by atoms with E-state index in [0.29, 0.717) is 0 Å². The van der Waals surface area contributed by atoms with Crippen molar-refractivity contribution in [1.29, 1.82) is 5.26 Å². The summed E-state index contributed by atoms with van der Waals surface area (Å²) in [7, 11) is 0. The van der Waals surface area contributed by atoms with Gasteiger partial charge in [-0.2, -0.15) is 5.26 Å². The van der Waals surface area contributed by atoms with Crippen LogP contribution in [0.3, 0.4) is 0 Å². The van der Waals surface area contributed by atoms with E-state index in [4.69, 9.17) is 5.26 Å². The SMILES string of the molecule is CCCCCC/C=C(/C#N)Cc1ccccc1. The minimum absolute atomic E-state index is 0.769. The van der Waals surface area contributed by atoms with Gasteiger partial charge in [-0.05, 0) is 18.4 Å². The Bertz CT molecular complexity index is 370. The zero-order chi connectivity index (χ0) is 12.3. The average Bonchev–Trinajstić information content (AvgIpc) is 2.38. The molecule has 0 bridgehead atoms. The van der Waals surface area contributed by atoms with E-state index >= 15 is 0 Å². The van der Waals surface area contributed by atoms with Gasteiger partial charge in [0.15, 0.2) is 0 Å². The van der Waals surface area contributed by atoms with Crippen molar-refractivity contribution in [2.45, 2.75) is 45.4 Å². The van der Waals surface area contributed by atoms with Crippen molar-refractivity contribution >= 4 is 0 Å². The van der Waals surface area contributed by atoms with E-state index < -0.39 is 0 Å². The lowest BCUT2D eigenvalue weighted by atomic mass is 10.0. The summed E-state index contributed by atoms with van der Waals surface area (Å²) in [6.45, 7) is 2.21. The Kier molecular flexibility index (Phi) is 6.82. The number of unbranched alkanes of at least 4 members (excludes halogenated alkanes) is 4. The highest BCUT2D eigenvalue weighted by Crippen LogP contribution is 2.10. The largest absolute Gasteiger partial charge is 0.193 e. The van der Waals surface area contributed by atoms with Crippen LogP contribution in [0.1, 0.15) is 44.6 Å². The van der Waals surface area contributed by atoms with Crippen LogP contribution in [0.2, 0.25) is 0 Å². The molecule has 0 saturated carbocycles. The second-order valence-electron chi connectivity index (χ2n) is 4.35. The van der Waals surface area contributed by atoms with Crippen molar-refractivity contribution in [3.8, 4) is 6.07 Å². The highest BCUT2D eigenvalue weighted by atomic mass is 14.2. The maximum atomic E-state index is 9.07. The summed E-state index contributed by atoms with van der Waals surface area (Å²) in [5.74, 6) is 0. The lowest BCUT2D eigenvalue weighted by Crippen LogP contribution is -1.88. The molecule has 0 aliphatic heterocycles. The maximum Gasteiger partial charge on any atom is 0.0947 e. The smallest absolute Gasteiger partial charge is 0.0947 e. The second-order valence-corrected chi connectivity index (χ2v) is 4.35. The summed E-state index contributed by atoms with van der Waals surface area (Å²) in [6.07, 6.45) is 8.95. The van der Waals surface area contributed by atoms with Crippen LogP contribution in [0.25, 0.3) is 0 Å². The van der Waals surface area contributed by atoms with E-state index in [9.17, 15) is 0 Å². The Morgan fingerprint density at radius 2 is 1.94 bits per heavy atom. The molecule has 0 radical (unpaired) electrons. The van der Waals surface area contributed by atoms with Gasteiger partial charge in [0.1, 0.15) is 0 Å². The highest BCUT2D eigenvalue weighted by Gasteiger charge is 1.97. The molecule has 1 heteroatoms. The first-order chi connectivity index (χ1) is 8.36. The van der Waals surface area contributed by atoms with Crippen molar-refractivity contribution in [1.82, 2.24) is 0 Å². The Hall–Kier alpha value is -1.55. The summed E-state index contributed by atoms with van der Waals surface area (Å²) in [5.41, 5.74) is 2.11. The summed E-state index contributed by atoms with van der Waals surface area (Å²) >= 11 is 0. The molecule has 1 nitrogen and oxygen atoms in total. The molecule has 0 heterocycles. The molecule has 0 aromatic heterocycles. The van der Waals surface area contributed by atoms with Crippen LogP contribution in [0.5, 0.6) is 0 Å². The van der Waals surface area contributed by atoms with Crippen LogP contribution in [-0.2, 0) is 6.42 Å². The molecule has 0 N–H and O–H groups in total. The molecule has 0 aliphatic carbocycles. The standard InChI is InChI=1S/C16H21N/c1-2-3-4-5-7-12-16(14-17)13-15-10-8-6-9-11-15/h6,8-12H,2-5,7,13H2,1H3/b16-12+. The number of rotatable bonds is 7. The van der Waals surface area contributed by atoms with Gasteiger partial charge < -0.3 is 0 Å². The Balaban J connectivity index is 2.38. The predicted molar refractivity (Wildman–Crippen MR) is 72.6 cm³/mol. The molecule has 0 spiro atoms. The molecule has 17 heavy (non-hydrogen) atoms. The van der Waals surface area contributed by atoms with Crippen LogP contribution in [0.4, 0.5) is 0 Å². The van der Waals surface area contributed by atoms with Gasteiger partial charge in [0.05, 0.1) is 6.07 Å². The van der Waals surface area contributed by atoms with Gasteiger partial charge in [-0.25, -0.2) is 0 Å². The third-order valence-corrected chi connectivity index (χ3v) is 2.83. The van der Waals surface area contributed by atoms with E-state index in [1.54, 1.807) is 0 Å². The Morgan fingerprint density at radius 3 is 2.59 bits per heavy atom. The van der Waals surface area contributed by atoms with E-state index in [1.807, 2.05) is 18.2 Å². The number of hydrogen-bond acceptors (Lipinski definition) is 1. The number of benzene rings is 1. The topological polar surface area (TPSA) is 23.8 Å². The van der Waals surface area contributed by atoms with Crippen molar-refractivity contribution in [2.24, 2.45) is 0 Å². The molecule has 0 aliphatic rings. The highest BCUT2D eigenvalue weighted by molar-refractivity contribution is 5.29. The summed E-state index contributed by atoms with van der Waals surface area (Å²) in [5, 5.41) is 9.07. The molecule has 0 atom stereocenters. The minimum Gasteiger partial charge on any atom is -0.193 e. The molecular formula is C16H21N. The fourth-order valence-electron chi connectivity index (χ4n) is 1.82. The first kappa shape index (κ1) is 13.5. The van der Waals surface area contributed by atoms with E-state index in [-0.39, 0.29) is 0 Å². The van der Waals surface area contributed by atoms with Gasteiger partial charge in [0.2, 0.25) is 0 Å². The van der Waals surface area contributed by atoms with Crippen molar-refractivity contribution in [2.75, 3.05) is 0 Å². The number of allylic oxidation sites excluding steroid dienone is 2. The van der Waals surface area contributed by atoms with Crippen LogP contribution in [0, 0.1) is 11.3 Å².